The summed E-state index contributed by atoms with van der Waals surface area (Å²) in [5.41, 5.74) is 1.33. The number of nitrogens with zero attached hydrogens (tertiary/aromatic N) is 1. The van der Waals surface area contributed by atoms with Crippen molar-refractivity contribution in [3.8, 4) is 0 Å². The third-order valence-electron chi connectivity index (χ3n) is 3.29. The van der Waals surface area contributed by atoms with Crippen LogP contribution in [0.3, 0.4) is 0 Å². The fourth-order valence-electron chi connectivity index (χ4n) is 1.99. The number of rotatable bonds is 2. The first-order chi connectivity index (χ1) is 8.74. The molecular formula is C14H12BrNO2. The van der Waals surface area contributed by atoms with Gasteiger partial charge >= 0.3 is 5.97 Å². The predicted molar refractivity (Wildman–Crippen MR) is 73.0 cm³/mol. The summed E-state index contributed by atoms with van der Waals surface area (Å²) in [5, 5.41) is 0. The zero-order chi connectivity index (χ0) is 12.5. The Balaban J connectivity index is 1.89. The smallest absolute Gasteiger partial charge is 0.363 e. The van der Waals surface area contributed by atoms with Gasteiger partial charge in [0.1, 0.15) is 0 Å². The molecule has 18 heavy (non-hydrogen) atoms. The maximum absolute atomic E-state index is 11.7. The molecule has 0 saturated heterocycles. The summed E-state index contributed by atoms with van der Waals surface area (Å²) >= 11 is 3.45. The fraction of sp³-hybridized carbons (Fsp3) is 0.286. The highest BCUT2D eigenvalue weighted by molar-refractivity contribution is 9.10. The van der Waals surface area contributed by atoms with Crippen LogP contribution in [0, 0.1) is 5.92 Å². The number of halogens is 1. The number of ether oxygens (including phenoxy) is 1. The van der Waals surface area contributed by atoms with E-state index in [1.165, 1.54) is 6.42 Å². The van der Waals surface area contributed by atoms with Crippen molar-refractivity contribution >= 4 is 33.9 Å². The van der Waals surface area contributed by atoms with Crippen molar-refractivity contribution in [3.05, 3.63) is 40.0 Å². The molecule has 0 spiro atoms. The number of hydrogen-bond acceptors (Lipinski definition) is 3. The van der Waals surface area contributed by atoms with Gasteiger partial charge in [0, 0.05) is 10.4 Å². The van der Waals surface area contributed by atoms with E-state index in [0.717, 1.165) is 22.9 Å². The van der Waals surface area contributed by atoms with Gasteiger partial charge in [-0.2, -0.15) is 0 Å². The summed E-state index contributed by atoms with van der Waals surface area (Å²) in [5.74, 6) is 0.608. The van der Waals surface area contributed by atoms with E-state index in [-0.39, 0.29) is 5.97 Å². The number of benzene rings is 1. The normalized spacial score (nSPS) is 21.7. The lowest BCUT2D eigenvalue weighted by molar-refractivity contribution is -0.130. The van der Waals surface area contributed by atoms with Gasteiger partial charge in [-0.15, -0.1) is 0 Å². The molecular weight excluding hydrogens is 294 g/mol. The average molecular weight is 306 g/mol. The van der Waals surface area contributed by atoms with Crippen LogP contribution in [0.2, 0.25) is 0 Å². The Morgan fingerprint density at radius 1 is 1.33 bits per heavy atom. The molecule has 0 radical (unpaired) electrons. The van der Waals surface area contributed by atoms with E-state index in [2.05, 4.69) is 20.9 Å². The van der Waals surface area contributed by atoms with E-state index >= 15 is 0 Å². The second-order valence-corrected chi connectivity index (χ2v) is 5.37. The first-order valence-electron chi connectivity index (χ1n) is 6.01. The average Bonchev–Trinajstić information content (AvgIpc) is 2.61. The van der Waals surface area contributed by atoms with E-state index in [9.17, 15) is 4.79 Å². The number of esters is 1. The maximum Gasteiger partial charge on any atom is 0.363 e. The number of hydrogen-bond donors (Lipinski definition) is 0. The van der Waals surface area contributed by atoms with E-state index < -0.39 is 0 Å². The van der Waals surface area contributed by atoms with Crippen LogP contribution in [0.5, 0.6) is 0 Å². The molecule has 0 N–H and O–H groups in total. The van der Waals surface area contributed by atoms with Crippen molar-refractivity contribution in [2.45, 2.75) is 19.3 Å². The molecule has 0 aromatic heterocycles. The zero-order valence-corrected chi connectivity index (χ0v) is 11.3. The van der Waals surface area contributed by atoms with Crippen molar-refractivity contribution in [1.29, 1.82) is 0 Å². The Kier molecular flexibility index (Phi) is 3.04. The minimum Gasteiger partial charge on any atom is -0.406 e. The van der Waals surface area contributed by atoms with Gasteiger partial charge in [-0.3, -0.25) is 0 Å². The molecule has 1 aromatic rings. The van der Waals surface area contributed by atoms with Gasteiger partial charge in [0.05, 0.1) is 0 Å². The van der Waals surface area contributed by atoms with Gasteiger partial charge in [-0.05, 0) is 30.5 Å². The lowest BCUT2D eigenvalue weighted by atomic mass is 9.85. The van der Waals surface area contributed by atoms with Gasteiger partial charge in [-0.25, -0.2) is 9.79 Å². The lowest BCUT2D eigenvalue weighted by Crippen LogP contribution is -2.22. The molecule has 1 heterocycles. The third kappa shape index (κ3) is 2.12. The molecule has 3 nitrogen and oxygen atoms in total. The van der Waals surface area contributed by atoms with Gasteiger partial charge in [0.25, 0.3) is 0 Å². The Bertz CT molecular complexity index is 559. The van der Waals surface area contributed by atoms with Crippen LogP contribution in [0.25, 0.3) is 6.08 Å². The second kappa shape index (κ2) is 4.69. The summed E-state index contributed by atoms with van der Waals surface area (Å²) < 4.78 is 6.16. The monoisotopic (exact) mass is 305 g/mol. The fourth-order valence-corrected chi connectivity index (χ4v) is 2.39. The van der Waals surface area contributed by atoms with Crippen molar-refractivity contribution in [3.63, 3.8) is 0 Å². The Morgan fingerprint density at radius 2 is 2.11 bits per heavy atom. The van der Waals surface area contributed by atoms with Crippen LogP contribution in [0.15, 0.2) is 39.4 Å². The first kappa shape index (κ1) is 11.7. The van der Waals surface area contributed by atoms with E-state index in [1.807, 2.05) is 24.3 Å². The van der Waals surface area contributed by atoms with E-state index in [0.29, 0.717) is 17.5 Å². The molecule has 0 bridgehead atoms. The predicted octanol–water partition coefficient (Wildman–Crippen LogP) is 3.55. The Morgan fingerprint density at radius 3 is 2.78 bits per heavy atom. The molecule has 2 aliphatic rings. The zero-order valence-electron chi connectivity index (χ0n) is 9.73. The topological polar surface area (TPSA) is 38.7 Å². The van der Waals surface area contributed by atoms with Crippen LogP contribution in [-0.2, 0) is 9.53 Å². The summed E-state index contributed by atoms with van der Waals surface area (Å²) in [6.07, 6.45) is 5.12. The quantitative estimate of drug-likeness (QED) is 0.619. The molecule has 3 rings (SSSR count). The lowest BCUT2D eigenvalue weighted by Gasteiger charge is -2.23. The number of carbonyl (C=O) groups is 1. The van der Waals surface area contributed by atoms with Crippen molar-refractivity contribution in [1.82, 2.24) is 0 Å². The molecule has 1 saturated carbocycles. The molecule has 0 atom stereocenters. The Labute approximate surface area is 114 Å². The largest absolute Gasteiger partial charge is 0.406 e. The molecule has 4 heteroatoms. The van der Waals surface area contributed by atoms with Crippen LogP contribution in [0.1, 0.15) is 24.8 Å². The van der Waals surface area contributed by atoms with Crippen LogP contribution < -0.4 is 0 Å². The highest BCUT2D eigenvalue weighted by Crippen LogP contribution is 2.32. The van der Waals surface area contributed by atoms with E-state index in [1.54, 1.807) is 6.08 Å². The first-order valence-corrected chi connectivity index (χ1v) is 6.80. The highest BCUT2D eigenvalue weighted by atomic mass is 79.9. The number of cyclic esters (lactones) is 1. The van der Waals surface area contributed by atoms with Gasteiger partial charge in [0.2, 0.25) is 5.90 Å². The highest BCUT2D eigenvalue weighted by Gasteiger charge is 2.32. The molecule has 1 aliphatic heterocycles. The summed E-state index contributed by atoms with van der Waals surface area (Å²) in [6, 6.07) is 7.72. The second-order valence-electron chi connectivity index (χ2n) is 4.52. The van der Waals surface area contributed by atoms with Gasteiger partial charge < -0.3 is 4.74 Å². The molecule has 1 aliphatic carbocycles. The number of aliphatic imine (C=N–C) groups is 1. The minimum absolute atomic E-state index is 0.340. The molecule has 92 valence electrons. The minimum atomic E-state index is -0.340. The molecule has 0 unspecified atom stereocenters. The maximum atomic E-state index is 11.7. The SMILES string of the molecule is O=C1OC(C2CCC2)=N/C1=C\c1ccccc1Br. The van der Waals surface area contributed by atoms with Crippen molar-refractivity contribution < 1.29 is 9.53 Å². The standard InChI is InChI=1S/C14H12BrNO2/c15-11-7-2-1-4-10(11)8-12-14(17)18-13(16-12)9-5-3-6-9/h1-2,4,7-9H,3,5-6H2/b12-8-. The summed E-state index contributed by atoms with van der Waals surface area (Å²) in [6.45, 7) is 0. The van der Waals surface area contributed by atoms with Crippen LogP contribution >= 0.6 is 15.9 Å². The third-order valence-corrected chi connectivity index (χ3v) is 4.01. The molecule has 0 amide bonds. The summed E-state index contributed by atoms with van der Waals surface area (Å²) in [7, 11) is 0. The summed E-state index contributed by atoms with van der Waals surface area (Å²) in [4.78, 5) is 16.0. The van der Waals surface area contributed by atoms with Crippen LogP contribution in [0.4, 0.5) is 0 Å². The van der Waals surface area contributed by atoms with Crippen molar-refractivity contribution in [2.24, 2.45) is 10.9 Å². The molecule has 1 fully saturated rings. The van der Waals surface area contributed by atoms with Crippen LogP contribution in [-0.4, -0.2) is 11.9 Å². The van der Waals surface area contributed by atoms with Gasteiger partial charge in [-0.1, -0.05) is 40.5 Å². The van der Waals surface area contributed by atoms with Gasteiger partial charge in [0.15, 0.2) is 5.70 Å². The number of carbonyl (C=O) groups excluding carboxylic acids is 1. The Hall–Kier alpha value is -1.42. The molecule has 1 aromatic carbocycles. The van der Waals surface area contributed by atoms with E-state index in [4.69, 9.17) is 4.74 Å². The van der Waals surface area contributed by atoms with Crippen molar-refractivity contribution in [2.75, 3.05) is 0 Å².